The summed E-state index contributed by atoms with van der Waals surface area (Å²) < 4.78 is 5.25. The van der Waals surface area contributed by atoms with E-state index in [1.807, 2.05) is 12.1 Å². The minimum absolute atomic E-state index is 0.653. The molecule has 1 aliphatic heterocycles. The number of hydrogen-bond donors (Lipinski definition) is 0. The van der Waals surface area contributed by atoms with E-state index in [4.69, 9.17) is 9.73 Å². The number of rotatable bonds is 8. The number of ether oxygens (including phenoxy) is 1. The summed E-state index contributed by atoms with van der Waals surface area (Å²) in [6.45, 7) is 8.35. The molecule has 2 aromatic carbocycles. The van der Waals surface area contributed by atoms with Crippen LogP contribution in [0.15, 0.2) is 71.4 Å². The lowest BCUT2D eigenvalue weighted by Crippen LogP contribution is -2.43. The number of benzene rings is 2. The summed E-state index contributed by atoms with van der Waals surface area (Å²) >= 11 is 0. The molecule has 160 valence electrons. The number of piperidine rings is 1. The molecule has 30 heavy (non-hydrogen) atoms. The molecule has 1 fully saturated rings. The number of aliphatic imine (C=N–C) groups is 1. The van der Waals surface area contributed by atoms with E-state index < -0.39 is 0 Å². The van der Waals surface area contributed by atoms with Crippen LogP contribution < -0.4 is 4.74 Å². The number of likely N-dealkylation sites (tertiary alicyclic amines) is 1. The van der Waals surface area contributed by atoms with Gasteiger partial charge < -0.3 is 4.74 Å². The van der Waals surface area contributed by atoms with Crippen LogP contribution in [-0.4, -0.2) is 55.3 Å². The van der Waals surface area contributed by atoms with Gasteiger partial charge in [0.15, 0.2) is 0 Å². The van der Waals surface area contributed by atoms with Crippen molar-refractivity contribution in [1.29, 1.82) is 0 Å². The molecule has 0 spiro atoms. The summed E-state index contributed by atoms with van der Waals surface area (Å²) in [5, 5.41) is 0. The molecule has 0 radical (unpaired) electrons. The molecule has 1 aliphatic rings. The Bertz CT molecular complexity index is 834. The Balaban J connectivity index is 1.51. The van der Waals surface area contributed by atoms with Gasteiger partial charge in [0.2, 0.25) is 0 Å². The molecule has 1 heterocycles. The van der Waals surface area contributed by atoms with Gasteiger partial charge in [0.25, 0.3) is 0 Å². The molecule has 0 amide bonds. The molecular formula is C26H35N3O. The van der Waals surface area contributed by atoms with Crippen LogP contribution in [0.1, 0.15) is 37.8 Å². The summed E-state index contributed by atoms with van der Waals surface area (Å²) in [5.41, 5.74) is 4.71. The molecular weight excluding hydrogens is 370 g/mol. The average Bonchev–Trinajstić information content (AvgIpc) is 2.79. The molecule has 1 saturated heterocycles. The van der Waals surface area contributed by atoms with E-state index in [0.717, 1.165) is 48.9 Å². The van der Waals surface area contributed by atoms with E-state index in [0.29, 0.717) is 6.04 Å². The molecule has 0 aromatic heterocycles. The van der Waals surface area contributed by atoms with E-state index >= 15 is 0 Å². The van der Waals surface area contributed by atoms with Crippen LogP contribution in [0.2, 0.25) is 0 Å². The lowest BCUT2D eigenvalue weighted by Gasteiger charge is -2.36. The first-order valence-corrected chi connectivity index (χ1v) is 10.9. The summed E-state index contributed by atoms with van der Waals surface area (Å²) in [5.74, 6) is 0.873. The topological polar surface area (TPSA) is 28.1 Å². The van der Waals surface area contributed by atoms with E-state index in [1.165, 1.54) is 18.4 Å². The fourth-order valence-corrected chi connectivity index (χ4v) is 4.05. The Morgan fingerprint density at radius 2 is 1.77 bits per heavy atom. The lowest BCUT2D eigenvalue weighted by molar-refractivity contribution is 0.129. The van der Waals surface area contributed by atoms with Crippen LogP contribution in [-0.2, 0) is 6.54 Å². The van der Waals surface area contributed by atoms with Gasteiger partial charge >= 0.3 is 0 Å². The van der Waals surface area contributed by atoms with E-state index in [2.05, 4.69) is 79.2 Å². The normalized spacial score (nSPS) is 16.8. The lowest BCUT2D eigenvalue weighted by atomic mass is 10.0. The van der Waals surface area contributed by atoms with Crippen LogP contribution in [0.5, 0.6) is 5.75 Å². The molecule has 0 bridgehead atoms. The van der Waals surface area contributed by atoms with Crippen molar-refractivity contribution in [2.75, 3.05) is 33.8 Å². The maximum Gasteiger partial charge on any atom is 0.118 e. The third kappa shape index (κ3) is 6.28. The van der Waals surface area contributed by atoms with Gasteiger partial charge in [-0.05, 0) is 69.1 Å². The van der Waals surface area contributed by atoms with Gasteiger partial charge in [-0.15, -0.1) is 0 Å². The molecule has 0 saturated carbocycles. The average molecular weight is 406 g/mol. The van der Waals surface area contributed by atoms with Crippen molar-refractivity contribution in [2.45, 2.75) is 39.3 Å². The second-order valence-electron chi connectivity index (χ2n) is 8.11. The molecule has 0 aliphatic carbocycles. The highest BCUT2D eigenvalue weighted by molar-refractivity contribution is 5.99. The highest BCUT2D eigenvalue weighted by Crippen LogP contribution is 2.19. The van der Waals surface area contributed by atoms with Crippen molar-refractivity contribution < 1.29 is 4.74 Å². The third-order valence-corrected chi connectivity index (χ3v) is 5.99. The van der Waals surface area contributed by atoms with Crippen LogP contribution in [0, 0.1) is 0 Å². The van der Waals surface area contributed by atoms with Crippen LogP contribution in [0.3, 0.4) is 0 Å². The van der Waals surface area contributed by atoms with Gasteiger partial charge in [0.1, 0.15) is 5.75 Å². The molecule has 4 nitrogen and oxygen atoms in total. The van der Waals surface area contributed by atoms with Crippen molar-refractivity contribution >= 4 is 5.71 Å². The number of allylic oxidation sites excluding steroid dienone is 1. The highest BCUT2D eigenvalue weighted by atomic mass is 16.5. The van der Waals surface area contributed by atoms with Crippen molar-refractivity contribution in [3.63, 3.8) is 0 Å². The molecule has 0 unspecified atom stereocenters. The Morgan fingerprint density at radius 3 is 2.37 bits per heavy atom. The fraction of sp³-hybridized carbons (Fsp3) is 0.423. The van der Waals surface area contributed by atoms with Gasteiger partial charge in [-0.3, -0.25) is 14.8 Å². The minimum atomic E-state index is 0.653. The molecule has 0 N–H and O–H groups in total. The van der Waals surface area contributed by atoms with Crippen LogP contribution >= 0.6 is 0 Å². The van der Waals surface area contributed by atoms with Gasteiger partial charge in [-0.1, -0.05) is 36.4 Å². The standard InChI is InChI=1S/C26H35N3O/c1-5-24(27-21(2)23-11-13-26(30-4)14-12-23)20-29-17-15-25(16-18-29)28(3)19-22-9-7-6-8-10-22/h5-14,25H,15-20H2,1-4H3/b24-5+,27-21?. The van der Waals surface area contributed by atoms with Crippen LogP contribution in [0.25, 0.3) is 0 Å². The Kier molecular flexibility index (Phi) is 8.23. The maximum absolute atomic E-state index is 5.25. The summed E-state index contributed by atoms with van der Waals surface area (Å²) in [6, 6.07) is 19.5. The van der Waals surface area contributed by atoms with Gasteiger partial charge in [0, 0.05) is 37.9 Å². The number of methoxy groups -OCH3 is 1. The Hall–Kier alpha value is -2.43. The van der Waals surface area contributed by atoms with Gasteiger partial charge in [-0.2, -0.15) is 0 Å². The van der Waals surface area contributed by atoms with E-state index in [1.54, 1.807) is 7.11 Å². The zero-order chi connectivity index (χ0) is 21.3. The zero-order valence-electron chi connectivity index (χ0n) is 18.8. The first-order valence-electron chi connectivity index (χ1n) is 10.9. The zero-order valence-corrected chi connectivity index (χ0v) is 18.8. The predicted molar refractivity (Wildman–Crippen MR) is 126 cm³/mol. The van der Waals surface area contributed by atoms with Gasteiger partial charge in [0.05, 0.1) is 12.8 Å². The first-order chi connectivity index (χ1) is 14.6. The minimum Gasteiger partial charge on any atom is -0.497 e. The van der Waals surface area contributed by atoms with Crippen molar-refractivity contribution in [1.82, 2.24) is 9.80 Å². The molecule has 2 aromatic rings. The smallest absolute Gasteiger partial charge is 0.118 e. The Morgan fingerprint density at radius 1 is 1.10 bits per heavy atom. The Labute approximate surface area is 181 Å². The quantitative estimate of drug-likeness (QED) is 0.578. The number of nitrogens with zero attached hydrogens (tertiary/aromatic N) is 3. The van der Waals surface area contributed by atoms with Crippen molar-refractivity contribution in [3.8, 4) is 5.75 Å². The highest BCUT2D eigenvalue weighted by Gasteiger charge is 2.22. The summed E-state index contributed by atoms with van der Waals surface area (Å²) in [4.78, 5) is 9.95. The van der Waals surface area contributed by atoms with Gasteiger partial charge in [-0.25, -0.2) is 0 Å². The predicted octanol–water partition coefficient (Wildman–Crippen LogP) is 5.00. The van der Waals surface area contributed by atoms with Crippen molar-refractivity contribution in [2.24, 2.45) is 4.99 Å². The first kappa shape index (κ1) is 22.3. The fourth-order valence-electron chi connectivity index (χ4n) is 4.05. The summed E-state index contributed by atoms with van der Waals surface area (Å²) in [7, 11) is 3.95. The molecule has 4 heteroatoms. The monoisotopic (exact) mass is 405 g/mol. The number of hydrogen-bond acceptors (Lipinski definition) is 4. The van der Waals surface area contributed by atoms with Crippen molar-refractivity contribution in [3.05, 3.63) is 77.5 Å². The second kappa shape index (κ2) is 11.1. The largest absolute Gasteiger partial charge is 0.497 e. The molecule has 0 atom stereocenters. The van der Waals surface area contributed by atoms with Crippen LogP contribution in [0.4, 0.5) is 0 Å². The SMILES string of the molecule is C/C=C(\CN1CCC(N(C)Cc2ccccc2)CC1)N=C(C)c1ccc(OC)cc1. The third-order valence-electron chi connectivity index (χ3n) is 5.99. The maximum atomic E-state index is 5.25. The second-order valence-corrected chi connectivity index (χ2v) is 8.11. The van der Waals surface area contributed by atoms with E-state index in [-0.39, 0.29) is 0 Å². The summed E-state index contributed by atoms with van der Waals surface area (Å²) in [6.07, 6.45) is 4.56. The molecule has 3 rings (SSSR count). The van der Waals surface area contributed by atoms with E-state index in [9.17, 15) is 0 Å².